The first-order chi connectivity index (χ1) is 20.9. The van der Waals surface area contributed by atoms with Crippen molar-refractivity contribution in [3.05, 3.63) is 81.5 Å². The zero-order valence-electron chi connectivity index (χ0n) is 24.8. The number of piperidine rings is 1. The summed E-state index contributed by atoms with van der Waals surface area (Å²) < 4.78 is 1.77. The van der Waals surface area contributed by atoms with E-state index in [2.05, 4.69) is 27.5 Å². The van der Waals surface area contributed by atoms with Gasteiger partial charge in [0.05, 0.1) is 6.54 Å². The van der Waals surface area contributed by atoms with Gasteiger partial charge in [0.25, 0.3) is 5.56 Å². The van der Waals surface area contributed by atoms with Gasteiger partial charge in [0.1, 0.15) is 5.82 Å². The second kappa shape index (κ2) is 13.5. The van der Waals surface area contributed by atoms with Gasteiger partial charge in [0.2, 0.25) is 17.6 Å². The van der Waals surface area contributed by atoms with Crippen molar-refractivity contribution in [1.82, 2.24) is 35.1 Å². The highest BCUT2D eigenvalue weighted by molar-refractivity contribution is 5.80. The Hall–Kier alpha value is -4.67. The second-order valence-electron chi connectivity index (χ2n) is 11.1. The molecule has 0 saturated carbocycles. The van der Waals surface area contributed by atoms with Crippen LogP contribution < -0.4 is 11.3 Å². The summed E-state index contributed by atoms with van der Waals surface area (Å²) in [5, 5.41) is 14.5. The second-order valence-corrected chi connectivity index (χ2v) is 11.1. The van der Waals surface area contributed by atoms with E-state index in [0.29, 0.717) is 62.4 Å². The molecule has 224 valence electrons. The number of aryl methyl sites for hydroxylation is 2. The molecule has 0 radical (unpaired) electrons. The Morgan fingerprint density at radius 1 is 1.02 bits per heavy atom. The average molecular weight is 583 g/mol. The molecule has 3 heterocycles. The van der Waals surface area contributed by atoms with Gasteiger partial charge < -0.3 is 10.6 Å². The maximum absolute atomic E-state index is 13.9. The van der Waals surface area contributed by atoms with E-state index in [1.54, 1.807) is 9.47 Å². The number of rotatable bonds is 11. The van der Waals surface area contributed by atoms with Crippen LogP contribution in [0.15, 0.2) is 53.3 Å². The van der Waals surface area contributed by atoms with Gasteiger partial charge in [-0.05, 0) is 54.5 Å². The molecule has 3 N–H and O–H groups in total. The number of hydrogen-bond acceptors (Lipinski definition) is 7. The molecule has 1 saturated heterocycles. The van der Waals surface area contributed by atoms with Crippen LogP contribution in [-0.4, -0.2) is 60.0 Å². The van der Waals surface area contributed by atoms with Crippen molar-refractivity contribution in [3.63, 3.8) is 0 Å². The molecular weight excluding hydrogens is 544 g/mol. The van der Waals surface area contributed by atoms with Crippen molar-refractivity contribution in [3.8, 4) is 22.5 Å². The van der Waals surface area contributed by atoms with E-state index >= 15 is 0 Å². The standard InChI is InChI=1S/C32H38N8O3/c1-3-4-9-28-34-21(2)25(14-15-29(41)39-18-16-24(17-19-39)30(33)42)32(43)40(28)20-22-10-12-23(13-11-22)26-7-5-6-8-27(26)31-35-37-38-36-31/h5-8,10-13,24H,3-4,9,14-20H2,1-2H3,(H2,33,42)(H,35,36,37,38). The highest BCUT2D eigenvalue weighted by atomic mass is 16.2. The van der Waals surface area contributed by atoms with E-state index in [0.717, 1.165) is 40.9 Å². The summed E-state index contributed by atoms with van der Waals surface area (Å²) in [6.07, 6.45) is 4.34. The Morgan fingerprint density at radius 3 is 2.40 bits per heavy atom. The molecule has 0 spiro atoms. The molecule has 0 aliphatic carbocycles. The minimum atomic E-state index is -0.305. The zero-order valence-corrected chi connectivity index (χ0v) is 24.8. The van der Waals surface area contributed by atoms with E-state index in [1.807, 2.05) is 55.5 Å². The van der Waals surface area contributed by atoms with Crippen molar-refractivity contribution in [2.45, 2.75) is 65.3 Å². The van der Waals surface area contributed by atoms with Gasteiger partial charge in [0, 0.05) is 48.7 Å². The normalized spacial score (nSPS) is 13.8. The molecule has 1 aliphatic heterocycles. The number of nitrogens with one attached hydrogen (secondary N) is 1. The van der Waals surface area contributed by atoms with Gasteiger partial charge >= 0.3 is 0 Å². The van der Waals surface area contributed by atoms with Gasteiger partial charge in [-0.15, -0.1) is 10.2 Å². The number of nitrogens with zero attached hydrogens (tertiary/aromatic N) is 6. The highest BCUT2D eigenvalue weighted by Gasteiger charge is 2.26. The fraction of sp³-hybridized carbons (Fsp3) is 0.406. The van der Waals surface area contributed by atoms with Crippen molar-refractivity contribution < 1.29 is 9.59 Å². The van der Waals surface area contributed by atoms with Crippen LogP contribution in [-0.2, 0) is 29.0 Å². The van der Waals surface area contributed by atoms with E-state index in [9.17, 15) is 14.4 Å². The Balaban J connectivity index is 1.35. The Bertz CT molecular complexity index is 1620. The summed E-state index contributed by atoms with van der Waals surface area (Å²) in [4.78, 5) is 45.0. The third kappa shape index (κ3) is 6.87. The van der Waals surface area contributed by atoms with Crippen LogP contribution in [0.2, 0.25) is 0 Å². The van der Waals surface area contributed by atoms with E-state index in [-0.39, 0.29) is 29.7 Å². The topological polar surface area (TPSA) is 153 Å². The molecule has 2 aromatic carbocycles. The number of aromatic nitrogens is 6. The number of unbranched alkanes of at least 4 members (excludes halogenated alkanes) is 1. The van der Waals surface area contributed by atoms with E-state index < -0.39 is 0 Å². The van der Waals surface area contributed by atoms with Crippen LogP contribution in [0, 0.1) is 12.8 Å². The molecule has 0 unspecified atom stereocenters. The third-order valence-corrected chi connectivity index (χ3v) is 8.26. The molecule has 1 aliphatic rings. The van der Waals surface area contributed by atoms with Crippen molar-refractivity contribution in [1.29, 1.82) is 0 Å². The molecule has 5 rings (SSSR count). The predicted octanol–water partition coefficient (Wildman–Crippen LogP) is 3.45. The predicted molar refractivity (Wildman–Crippen MR) is 163 cm³/mol. The molecule has 43 heavy (non-hydrogen) atoms. The molecule has 0 bridgehead atoms. The van der Waals surface area contributed by atoms with Crippen LogP contribution >= 0.6 is 0 Å². The molecule has 11 nitrogen and oxygen atoms in total. The van der Waals surface area contributed by atoms with Gasteiger partial charge in [0.15, 0.2) is 0 Å². The van der Waals surface area contributed by atoms with Gasteiger partial charge in [-0.3, -0.25) is 19.0 Å². The fourth-order valence-corrected chi connectivity index (χ4v) is 5.71. The molecule has 0 atom stereocenters. The number of benzene rings is 2. The SMILES string of the molecule is CCCCc1nc(C)c(CCC(=O)N2CCC(C(N)=O)CC2)c(=O)n1Cc1ccc(-c2ccccc2-c2nn[nH]n2)cc1. The van der Waals surface area contributed by atoms with Crippen LogP contribution in [0.4, 0.5) is 0 Å². The quantitative estimate of drug-likeness (QED) is 0.275. The number of H-pyrrole nitrogens is 1. The highest BCUT2D eigenvalue weighted by Crippen LogP contribution is 2.30. The third-order valence-electron chi connectivity index (χ3n) is 8.26. The van der Waals surface area contributed by atoms with E-state index in [1.165, 1.54) is 0 Å². The molecule has 11 heteroatoms. The van der Waals surface area contributed by atoms with Crippen molar-refractivity contribution in [2.75, 3.05) is 13.1 Å². The average Bonchev–Trinajstić information content (AvgIpc) is 3.57. The maximum atomic E-state index is 13.9. The molecule has 2 aromatic heterocycles. The lowest BCUT2D eigenvalue weighted by molar-refractivity contribution is -0.134. The number of carbonyl (C=O) groups is 2. The van der Waals surface area contributed by atoms with Crippen LogP contribution in [0.25, 0.3) is 22.5 Å². The van der Waals surface area contributed by atoms with E-state index in [4.69, 9.17) is 10.7 Å². The summed E-state index contributed by atoms with van der Waals surface area (Å²) in [6.45, 7) is 5.39. The summed E-state index contributed by atoms with van der Waals surface area (Å²) in [5.74, 6) is 0.798. The number of aromatic amines is 1. The molecule has 2 amide bonds. The Kier molecular flexibility index (Phi) is 9.38. The number of amides is 2. The van der Waals surface area contributed by atoms with Gasteiger partial charge in [-0.25, -0.2) is 4.98 Å². The van der Waals surface area contributed by atoms with Crippen molar-refractivity contribution in [2.24, 2.45) is 11.7 Å². The largest absolute Gasteiger partial charge is 0.369 e. The molecule has 4 aromatic rings. The minimum absolute atomic E-state index is 0.0139. The lowest BCUT2D eigenvalue weighted by Gasteiger charge is -2.30. The number of tetrazole rings is 1. The smallest absolute Gasteiger partial charge is 0.257 e. The molecular formula is C32H38N8O3. The monoisotopic (exact) mass is 582 g/mol. The van der Waals surface area contributed by atoms with Gasteiger partial charge in [-0.2, -0.15) is 5.21 Å². The summed E-state index contributed by atoms with van der Waals surface area (Å²) >= 11 is 0. The minimum Gasteiger partial charge on any atom is -0.369 e. The molecule has 1 fully saturated rings. The Labute approximate surface area is 250 Å². The zero-order chi connectivity index (χ0) is 30.3. The van der Waals surface area contributed by atoms with Gasteiger partial charge in [-0.1, -0.05) is 61.9 Å². The number of primary amides is 1. The first-order valence-electron chi connectivity index (χ1n) is 14.9. The van der Waals surface area contributed by atoms with Crippen LogP contribution in [0.3, 0.4) is 0 Å². The lowest BCUT2D eigenvalue weighted by Crippen LogP contribution is -2.42. The van der Waals surface area contributed by atoms with Crippen molar-refractivity contribution >= 4 is 11.8 Å². The lowest BCUT2D eigenvalue weighted by atomic mass is 9.96. The number of likely N-dealkylation sites (tertiary alicyclic amines) is 1. The number of hydrogen-bond donors (Lipinski definition) is 2. The summed E-state index contributed by atoms with van der Waals surface area (Å²) in [6, 6.07) is 16.0. The van der Waals surface area contributed by atoms with Crippen LogP contribution in [0.1, 0.15) is 61.7 Å². The Morgan fingerprint density at radius 2 is 1.74 bits per heavy atom. The maximum Gasteiger partial charge on any atom is 0.257 e. The summed E-state index contributed by atoms with van der Waals surface area (Å²) in [7, 11) is 0. The number of carbonyl (C=O) groups excluding carboxylic acids is 2. The number of nitrogens with two attached hydrogens (primary N) is 1. The van der Waals surface area contributed by atoms with Crippen LogP contribution in [0.5, 0.6) is 0 Å². The first-order valence-corrected chi connectivity index (χ1v) is 14.9. The summed E-state index contributed by atoms with van der Waals surface area (Å²) in [5.41, 5.74) is 10.4. The first kappa shape index (κ1) is 29.8. The fourth-order valence-electron chi connectivity index (χ4n) is 5.71.